The largest absolute Gasteiger partial charge is 0.271 e. The summed E-state index contributed by atoms with van der Waals surface area (Å²) in [4.78, 5) is 0. The van der Waals surface area contributed by atoms with Crippen LogP contribution in [0.15, 0.2) is 36.4 Å². The molecule has 2 rings (SSSR count). The Morgan fingerprint density at radius 1 is 1.14 bits per heavy atom. The Balaban J connectivity index is 2.12. The molecule has 0 aromatic heterocycles. The lowest BCUT2D eigenvalue weighted by Crippen LogP contribution is -2.38. The van der Waals surface area contributed by atoms with Gasteiger partial charge in [-0.05, 0) is 55.5 Å². The first-order valence-corrected chi connectivity index (χ1v) is 7.33. The van der Waals surface area contributed by atoms with Gasteiger partial charge in [0.05, 0.1) is 5.02 Å². The van der Waals surface area contributed by atoms with E-state index in [4.69, 9.17) is 17.4 Å². The second kappa shape index (κ2) is 7.03. The van der Waals surface area contributed by atoms with Crippen molar-refractivity contribution in [3.8, 4) is 0 Å². The second-order valence-electron chi connectivity index (χ2n) is 5.45. The van der Waals surface area contributed by atoms with Gasteiger partial charge in [0.2, 0.25) is 0 Å². The predicted molar refractivity (Wildman–Crippen MR) is 85.8 cm³/mol. The standard InChI is InChI=1S/C17H20ClFN2/c1-11-3-4-12(2)14(7-11)10-15(21-20)8-13-5-6-16(18)17(19)9-13/h3-7,9,15,21H,8,10,20H2,1-2H3. The van der Waals surface area contributed by atoms with E-state index in [1.165, 1.54) is 22.8 Å². The lowest BCUT2D eigenvalue weighted by molar-refractivity contribution is 0.519. The van der Waals surface area contributed by atoms with Gasteiger partial charge in [0.15, 0.2) is 0 Å². The van der Waals surface area contributed by atoms with Gasteiger partial charge in [0.1, 0.15) is 5.82 Å². The van der Waals surface area contributed by atoms with Gasteiger partial charge in [0, 0.05) is 6.04 Å². The van der Waals surface area contributed by atoms with Gasteiger partial charge in [-0.1, -0.05) is 41.4 Å². The minimum atomic E-state index is -0.392. The monoisotopic (exact) mass is 306 g/mol. The Hall–Kier alpha value is -1.42. The van der Waals surface area contributed by atoms with Crippen LogP contribution in [-0.2, 0) is 12.8 Å². The average Bonchev–Trinajstić information content (AvgIpc) is 2.46. The molecule has 0 aliphatic rings. The first-order valence-electron chi connectivity index (χ1n) is 6.95. The van der Waals surface area contributed by atoms with Crippen molar-refractivity contribution in [2.45, 2.75) is 32.7 Å². The number of hydrogen-bond donors (Lipinski definition) is 2. The Kier molecular flexibility index (Phi) is 5.34. The number of hydrogen-bond acceptors (Lipinski definition) is 2. The van der Waals surface area contributed by atoms with E-state index in [2.05, 4.69) is 37.5 Å². The predicted octanol–water partition coefficient (Wildman–Crippen LogP) is 3.71. The number of halogens is 2. The molecule has 0 saturated heterocycles. The molecule has 0 aliphatic heterocycles. The molecular weight excluding hydrogens is 287 g/mol. The lowest BCUT2D eigenvalue weighted by atomic mass is 9.95. The number of hydrazine groups is 1. The zero-order valence-corrected chi connectivity index (χ0v) is 13.0. The van der Waals surface area contributed by atoms with Gasteiger partial charge in [-0.15, -0.1) is 0 Å². The van der Waals surface area contributed by atoms with Crippen LogP contribution >= 0.6 is 11.6 Å². The van der Waals surface area contributed by atoms with Crippen molar-refractivity contribution in [3.05, 3.63) is 69.5 Å². The average molecular weight is 307 g/mol. The SMILES string of the molecule is Cc1ccc(C)c(CC(Cc2ccc(Cl)c(F)c2)NN)c1. The summed E-state index contributed by atoms with van der Waals surface area (Å²) < 4.78 is 13.5. The summed E-state index contributed by atoms with van der Waals surface area (Å²) in [7, 11) is 0. The number of nitrogens with one attached hydrogen (secondary N) is 1. The minimum absolute atomic E-state index is 0.0473. The number of aryl methyl sites for hydroxylation is 2. The smallest absolute Gasteiger partial charge is 0.142 e. The Morgan fingerprint density at radius 2 is 1.90 bits per heavy atom. The number of nitrogens with two attached hydrogens (primary N) is 1. The van der Waals surface area contributed by atoms with Crippen LogP contribution in [-0.4, -0.2) is 6.04 Å². The first-order chi connectivity index (χ1) is 9.99. The normalized spacial score (nSPS) is 12.4. The van der Waals surface area contributed by atoms with Crippen molar-refractivity contribution >= 4 is 11.6 Å². The lowest BCUT2D eigenvalue weighted by Gasteiger charge is -2.18. The molecule has 2 aromatic rings. The van der Waals surface area contributed by atoms with E-state index in [0.29, 0.717) is 6.42 Å². The van der Waals surface area contributed by atoms with E-state index in [1.54, 1.807) is 6.07 Å². The van der Waals surface area contributed by atoms with E-state index < -0.39 is 5.82 Å². The summed E-state index contributed by atoms with van der Waals surface area (Å²) in [5.41, 5.74) is 7.43. The molecule has 0 fully saturated rings. The van der Waals surface area contributed by atoms with Crippen molar-refractivity contribution < 1.29 is 4.39 Å². The molecule has 21 heavy (non-hydrogen) atoms. The fourth-order valence-corrected chi connectivity index (χ4v) is 2.54. The molecule has 1 unspecified atom stereocenters. The van der Waals surface area contributed by atoms with Crippen LogP contribution in [0.3, 0.4) is 0 Å². The highest BCUT2D eigenvalue weighted by Crippen LogP contribution is 2.18. The molecule has 112 valence electrons. The van der Waals surface area contributed by atoms with Gasteiger partial charge in [0.25, 0.3) is 0 Å². The molecule has 0 spiro atoms. The number of rotatable bonds is 5. The molecule has 2 nitrogen and oxygen atoms in total. The van der Waals surface area contributed by atoms with Crippen LogP contribution < -0.4 is 11.3 Å². The van der Waals surface area contributed by atoms with E-state index >= 15 is 0 Å². The van der Waals surface area contributed by atoms with Gasteiger partial charge >= 0.3 is 0 Å². The summed E-state index contributed by atoms with van der Waals surface area (Å²) in [5, 5.41) is 0.144. The van der Waals surface area contributed by atoms with Crippen LogP contribution in [0.2, 0.25) is 5.02 Å². The van der Waals surface area contributed by atoms with Gasteiger partial charge in [-0.3, -0.25) is 11.3 Å². The van der Waals surface area contributed by atoms with E-state index in [9.17, 15) is 4.39 Å². The van der Waals surface area contributed by atoms with Crippen LogP contribution in [0.5, 0.6) is 0 Å². The van der Waals surface area contributed by atoms with Crippen molar-refractivity contribution in [3.63, 3.8) is 0 Å². The summed E-state index contributed by atoms with van der Waals surface area (Å²) in [6.07, 6.45) is 1.45. The van der Waals surface area contributed by atoms with Gasteiger partial charge in [-0.25, -0.2) is 4.39 Å². The second-order valence-corrected chi connectivity index (χ2v) is 5.86. The molecular formula is C17H20ClFN2. The maximum Gasteiger partial charge on any atom is 0.142 e. The topological polar surface area (TPSA) is 38.0 Å². The van der Waals surface area contributed by atoms with Crippen LogP contribution in [0.1, 0.15) is 22.3 Å². The highest BCUT2D eigenvalue weighted by atomic mass is 35.5. The van der Waals surface area contributed by atoms with E-state index in [0.717, 1.165) is 12.0 Å². The zero-order valence-electron chi connectivity index (χ0n) is 12.3. The van der Waals surface area contributed by atoms with Crippen molar-refractivity contribution in [1.29, 1.82) is 0 Å². The molecule has 3 N–H and O–H groups in total. The summed E-state index contributed by atoms with van der Waals surface area (Å²) in [5.74, 6) is 5.26. The molecule has 0 aliphatic carbocycles. The summed E-state index contributed by atoms with van der Waals surface area (Å²) in [6.45, 7) is 4.16. The number of benzene rings is 2. The molecule has 4 heteroatoms. The van der Waals surface area contributed by atoms with E-state index in [-0.39, 0.29) is 11.1 Å². The Labute approximate surface area is 130 Å². The molecule has 0 radical (unpaired) electrons. The Morgan fingerprint density at radius 3 is 2.57 bits per heavy atom. The van der Waals surface area contributed by atoms with Gasteiger partial charge < -0.3 is 0 Å². The molecule has 0 heterocycles. The molecule has 0 saturated carbocycles. The summed E-state index contributed by atoms with van der Waals surface area (Å²) >= 11 is 5.70. The van der Waals surface area contributed by atoms with Crippen LogP contribution in [0.25, 0.3) is 0 Å². The molecule has 2 aromatic carbocycles. The van der Waals surface area contributed by atoms with Crippen molar-refractivity contribution in [1.82, 2.24) is 5.43 Å². The zero-order chi connectivity index (χ0) is 15.4. The van der Waals surface area contributed by atoms with Crippen LogP contribution in [0, 0.1) is 19.7 Å². The first kappa shape index (κ1) is 16.0. The third-order valence-electron chi connectivity index (χ3n) is 3.67. The maximum atomic E-state index is 13.5. The summed E-state index contributed by atoms with van der Waals surface area (Å²) in [6, 6.07) is 11.3. The van der Waals surface area contributed by atoms with Crippen molar-refractivity contribution in [2.24, 2.45) is 5.84 Å². The molecule has 0 bridgehead atoms. The Bertz CT molecular complexity index is 628. The van der Waals surface area contributed by atoms with Crippen LogP contribution in [0.4, 0.5) is 4.39 Å². The minimum Gasteiger partial charge on any atom is -0.271 e. The quantitative estimate of drug-likeness (QED) is 0.653. The highest BCUT2D eigenvalue weighted by Gasteiger charge is 2.12. The highest BCUT2D eigenvalue weighted by molar-refractivity contribution is 6.30. The molecule has 0 amide bonds. The van der Waals surface area contributed by atoms with Crippen molar-refractivity contribution in [2.75, 3.05) is 0 Å². The van der Waals surface area contributed by atoms with Gasteiger partial charge in [-0.2, -0.15) is 0 Å². The third-order valence-corrected chi connectivity index (χ3v) is 3.98. The fraction of sp³-hybridized carbons (Fsp3) is 0.294. The van der Waals surface area contributed by atoms with E-state index in [1.807, 2.05) is 6.07 Å². The fourth-order valence-electron chi connectivity index (χ4n) is 2.43. The third kappa shape index (κ3) is 4.27. The molecule has 1 atom stereocenters. The maximum absolute atomic E-state index is 13.5.